The number of benzene rings is 1. The van der Waals surface area contributed by atoms with Crippen molar-refractivity contribution in [2.75, 3.05) is 18.4 Å². The van der Waals surface area contributed by atoms with E-state index in [1.165, 1.54) is 12.1 Å². The first-order chi connectivity index (χ1) is 7.66. The maximum Gasteiger partial charge on any atom is 0.229 e. The van der Waals surface area contributed by atoms with E-state index in [1.54, 1.807) is 12.1 Å². The highest BCUT2D eigenvalue weighted by Gasteiger charge is 2.29. The molecule has 1 aromatic carbocycles. The van der Waals surface area contributed by atoms with Gasteiger partial charge in [0.2, 0.25) is 5.91 Å². The molecular weight excluding hydrogens is 207 g/mol. The van der Waals surface area contributed by atoms with Crippen LogP contribution in [-0.2, 0) is 4.79 Å². The van der Waals surface area contributed by atoms with E-state index in [9.17, 15) is 9.18 Å². The van der Waals surface area contributed by atoms with Gasteiger partial charge in [-0.25, -0.2) is 4.39 Å². The van der Waals surface area contributed by atoms with Crippen molar-refractivity contribution in [1.82, 2.24) is 5.32 Å². The molecule has 0 spiro atoms. The summed E-state index contributed by atoms with van der Waals surface area (Å²) >= 11 is 0. The molecule has 2 rings (SSSR count). The topological polar surface area (TPSA) is 41.1 Å². The first-order valence-corrected chi connectivity index (χ1v) is 5.44. The van der Waals surface area contributed by atoms with Crippen molar-refractivity contribution < 1.29 is 9.18 Å². The van der Waals surface area contributed by atoms with E-state index in [-0.39, 0.29) is 17.6 Å². The second-order valence-corrected chi connectivity index (χ2v) is 4.24. The smallest absolute Gasteiger partial charge is 0.229 e. The maximum atomic E-state index is 12.9. The van der Waals surface area contributed by atoms with E-state index in [1.807, 2.05) is 6.92 Å². The zero-order chi connectivity index (χ0) is 11.5. The van der Waals surface area contributed by atoms with E-state index in [2.05, 4.69) is 10.6 Å². The van der Waals surface area contributed by atoms with Crippen LogP contribution in [0.15, 0.2) is 24.3 Å². The minimum atomic E-state index is -0.338. The Morgan fingerprint density at radius 1 is 1.50 bits per heavy atom. The molecule has 1 fully saturated rings. The molecule has 0 saturated carbocycles. The van der Waals surface area contributed by atoms with Gasteiger partial charge in [0.1, 0.15) is 5.82 Å². The van der Waals surface area contributed by atoms with Crippen LogP contribution in [0.3, 0.4) is 0 Å². The van der Waals surface area contributed by atoms with E-state index < -0.39 is 0 Å². The first kappa shape index (κ1) is 11.1. The molecule has 1 amide bonds. The van der Waals surface area contributed by atoms with Crippen molar-refractivity contribution in [3.8, 4) is 0 Å². The Morgan fingerprint density at radius 2 is 2.31 bits per heavy atom. The number of rotatable bonds is 2. The zero-order valence-corrected chi connectivity index (χ0v) is 9.16. The molecule has 1 aromatic rings. The normalized spacial score (nSPS) is 24.4. The van der Waals surface area contributed by atoms with Crippen LogP contribution in [0.25, 0.3) is 0 Å². The predicted octanol–water partition coefficient (Wildman–Crippen LogP) is 1.62. The van der Waals surface area contributed by atoms with Crippen LogP contribution in [-0.4, -0.2) is 19.0 Å². The van der Waals surface area contributed by atoms with Crippen molar-refractivity contribution in [3.05, 3.63) is 30.1 Å². The van der Waals surface area contributed by atoms with Crippen molar-refractivity contribution in [2.24, 2.45) is 11.8 Å². The summed E-state index contributed by atoms with van der Waals surface area (Å²) in [5.41, 5.74) is 0.518. The lowest BCUT2D eigenvalue weighted by atomic mass is 9.97. The van der Waals surface area contributed by atoms with Crippen molar-refractivity contribution in [1.29, 1.82) is 0 Å². The summed E-state index contributed by atoms with van der Waals surface area (Å²) in [4.78, 5) is 11.9. The lowest BCUT2D eigenvalue weighted by Crippen LogP contribution is -2.27. The molecule has 0 radical (unpaired) electrons. The van der Waals surface area contributed by atoms with Gasteiger partial charge in [0.15, 0.2) is 0 Å². The first-order valence-electron chi connectivity index (χ1n) is 5.44. The highest BCUT2D eigenvalue weighted by molar-refractivity contribution is 5.93. The SMILES string of the molecule is C[C@@H]1CNC[C@H]1C(=O)Nc1cccc(F)c1. The van der Waals surface area contributed by atoms with E-state index in [4.69, 9.17) is 0 Å². The monoisotopic (exact) mass is 222 g/mol. The lowest BCUT2D eigenvalue weighted by Gasteiger charge is -2.14. The Morgan fingerprint density at radius 3 is 2.94 bits per heavy atom. The minimum Gasteiger partial charge on any atom is -0.326 e. The van der Waals surface area contributed by atoms with Crippen molar-refractivity contribution in [3.63, 3.8) is 0 Å². The molecule has 1 aliphatic rings. The van der Waals surface area contributed by atoms with E-state index in [0.29, 0.717) is 18.2 Å². The largest absolute Gasteiger partial charge is 0.326 e. The number of carbonyl (C=O) groups is 1. The van der Waals surface area contributed by atoms with Gasteiger partial charge in [-0.2, -0.15) is 0 Å². The van der Waals surface area contributed by atoms with Gasteiger partial charge in [-0.05, 0) is 30.7 Å². The molecule has 0 aliphatic carbocycles. The summed E-state index contributed by atoms with van der Waals surface area (Å²) in [6.45, 7) is 3.60. The van der Waals surface area contributed by atoms with Crippen molar-refractivity contribution >= 4 is 11.6 Å². The average molecular weight is 222 g/mol. The average Bonchev–Trinajstić information content (AvgIpc) is 2.64. The fourth-order valence-corrected chi connectivity index (χ4v) is 1.96. The van der Waals surface area contributed by atoms with Gasteiger partial charge < -0.3 is 10.6 Å². The molecule has 2 atom stereocenters. The summed E-state index contributed by atoms with van der Waals surface area (Å²) in [6.07, 6.45) is 0. The second-order valence-electron chi connectivity index (χ2n) is 4.24. The number of nitrogens with one attached hydrogen (secondary N) is 2. The Balaban J connectivity index is 2.02. The molecule has 0 bridgehead atoms. The Bertz CT molecular complexity index is 394. The lowest BCUT2D eigenvalue weighted by molar-refractivity contribution is -0.120. The van der Waals surface area contributed by atoms with Crippen LogP contribution < -0.4 is 10.6 Å². The minimum absolute atomic E-state index is 0.0248. The molecule has 1 saturated heterocycles. The number of amides is 1. The highest BCUT2D eigenvalue weighted by Crippen LogP contribution is 2.18. The molecular formula is C12H15FN2O. The molecule has 3 nitrogen and oxygen atoms in total. The number of carbonyl (C=O) groups excluding carboxylic acids is 1. The Kier molecular flexibility index (Phi) is 3.19. The van der Waals surface area contributed by atoms with Crippen LogP contribution in [0.1, 0.15) is 6.92 Å². The van der Waals surface area contributed by atoms with Gasteiger partial charge in [-0.3, -0.25) is 4.79 Å². The quantitative estimate of drug-likeness (QED) is 0.798. The van der Waals surface area contributed by atoms with Gasteiger partial charge in [0.05, 0.1) is 5.92 Å². The fourth-order valence-electron chi connectivity index (χ4n) is 1.96. The van der Waals surface area contributed by atoms with Crippen LogP contribution >= 0.6 is 0 Å². The molecule has 16 heavy (non-hydrogen) atoms. The Hall–Kier alpha value is -1.42. The molecule has 2 N–H and O–H groups in total. The number of hydrogen-bond donors (Lipinski definition) is 2. The summed E-state index contributed by atoms with van der Waals surface area (Å²) in [5.74, 6) is -0.0738. The summed E-state index contributed by atoms with van der Waals surface area (Å²) in [6, 6.07) is 5.95. The van der Waals surface area contributed by atoms with E-state index in [0.717, 1.165) is 6.54 Å². The van der Waals surface area contributed by atoms with Crippen LogP contribution in [0.2, 0.25) is 0 Å². The number of halogens is 1. The predicted molar refractivity (Wildman–Crippen MR) is 60.6 cm³/mol. The van der Waals surface area contributed by atoms with Crippen LogP contribution in [0.4, 0.5) is 10.1 Å². The third-order valence-electron chi connectivity index (χ3n) is 2.95. The third kappa shape index (κ3) is 2.39. The van der Waals surface area contributed by atoms with Gasteiger partial charge in [-0.15, -0.1) is 0 Å². The molecule has 1 heterocycles. The highest BCUT2D eigenvalue weighted by atomic mass is 19.1. The molecule has 0 aromatic heterocycles. The van der Waals surface area contributed by atoms with Crippen LogP contribution in [0.5, 0.6) is 0 Å². The Labute approximate surface area is 94.0 Å². The number of anilines is 1. The molecule has 0 unspecified atom stereocenters. The third-order valence-corrected chi connectivity index (χ3v) is 2.95. The summed E-state index contributed by atoms with van der Waals surface area (Å²) in [5, 5.41) is 5.90. The van der Waals surface area contributed by atoms with Crippen LogP contribution in [0, 0.1) is 17.7 Å². The number of hydrogen-bond acceptors (Lipinski definition) is 2. The fraction of sp³-hybridized carbons (Fsp3) is 0.417. The second kappa shape index (κ2) is 4.61. The molecule has 1 aliphatic heterocycles. The van der Waals surface area contributed by atoms with E-state index >= 15 is 0 Å². The maximum absolute atomic E-state index is 12.9. The van der Waals surface area contributed by atoms with Gasteiger partial charge in [0.25, 0.3) is 0 Å². The van der Waals surface area contributed by atoms with Gasteiger partial charge in [-0.1, -0.05) is 13.0 Å². The molecule has 86 valence electrons. The van der Waals surface area contributed by atoms with Gasteiger partial charge in [0, 0.05) is 12.2 Å². The zero-order valence-electron chi connectivity index (χ0n) is 9.16. The summed E-state index contributed by atoms with van der Waals surface area (Å²) < 4.78 is 12.9. The summed E-state index contributed by atoms with van der Waals surface area (Å²) in [7, 11) is 0. The molecule has 4 heteroatoms. The standard InChI is InChI=1S/C12H15FN2O/c1-8-6-14-7-11(8)12(16)15-10-4-2-3-9(13)5-10/h2-5,8,11,14H,6-7H2,1H3,(H,15,16)/t8-,11-/m1/s1. The van der Waals surface area contributed by atoms with Gasteiger partial charge >= 0.3 is 0 Å². The van der Waals surface area contributed by atoms with Crippen molar-refractivity contribution in [2.45, 2.75) is 6.92 Å².